The molecule has 0 unspecified atom stereocenters. The fraction of sp³-hybridized carbons (Fsp3) is 0.375. The van der Waals surface area contributed by atoms with Crippen LogP contribution in [0.1, 0.15) is 10.7 Å². The van der Waals surface area contributed by atoms with Crippen molar-refractivity contribution < 1.29 is 9.66 Å². The molecule has 0 fully saturated rings. The molecule has 0 saturated carbocycles. The lowest BCUT2D eigenvalue weighted by Gasteiger charge is -1.91. The SMILES string of the molecule is COCc1csc(Cn2ncc([N+](=O)[O-])n2)n1. The number of ether oxygens (including phenoxy) is 1. The van der Waals surface area contributed by atoms with Gasteiger partial charge < -0.3 is 14.9 Å². The number of thiazole rings is 1. The molecule has 90 valence electrons. The molecule has 0 N–H and O–H groups in total. The Morgan fingerprint density at radius 2 is 2.47 bits per heavy atom. The zero-order valence-corrected chi connectivity index (χ0v) is 9.75. The summed E-state index contributed by atoms with van der Waals surface area (Å²) in [6.07, 6.45) is 1.11. The molecule has 9 heteroatoms. The van der Waals surface area contributed by atoms with Gasteiger partial charge in [0.15, 0.2) is 6.20 Å². The molecule has 0 aliphatic carbocycles. The molecule has 0 radical (unpaired) electrons. The lowest BCUT2D eigenvalue weighted by molar-refractivity contribution is -0.389. The van der Waals surface area contributed by atoms with E-state index in [2.05, 4.69) is 15.2 Å². The van der Waals surface area contributed by atoms with Crippen molar-refractivity contribution in [3.8, 4) is 0 Å². The summed E-state index contributed by atoms with van der Waals surface area (Å²) >= 11 is 1.44. The second kappa shape index (κ2) is 4.97. The predicted molar refractivity (Wildman–Crippen MR) is 58.6 cm³/mol. The van der Waals surface area contributed by atoms with Crippen LogP contribution in [-0.4, -0.2) is 32.0 Å². The number of rotatable bonds is 5. The van der Waals surface area contributed by atoms with E-state index in [1.54, 1.807) is 7.11 Å². The average Bonchev–Trinajstić information content (AvgIpc) is 2.89. The maximum Gasteiger partial charge on any atom is 0.410 e. The van der Waals surface area contributed by atoms with Gasteiger partial charge in [0.2, 0.25) is 0 Å². The fourth-order valence-electron chi connectivity index (χ4n) is 1.20. The number of hydrogen-bond acceptors (Lipinski definition) is 7. The second-order valence-electron chi connectivity index (χ2n) is 3.16. The van der Waals surface area contributed by atoms with E-state index in [1.807, 2.05) is 5.38 Å². The monoisotopic (exact) mass is 255 g/mol. The van der Waals surface area contributed by atoms with E-state index in [1.165, 1.54) is 16.1 Å². The van der Waals surface area contributed by atoms with Gasteiger partial charge in [0.05, 0.1) is 17.4 Å². The van der Waals surface area contributed by atoms with Crippen LogP contribution in [0.3, 0.4) is 0 Å². The van der Waals surface area contributed by atoms with Gasteiger partial charge in [-0.2, -0.15) is 0 Å². The van der Waals surface area contributed by atoms with Gasteiger partial charge >= 0.3 is 5.82 Å². The molecule has 0 aliphatic rings. The molecule has 17 heavy (non-hydrogen) atoms. The summed E-state index contributed by atoms with van der Waals surface area (Å²) in [6, 6.07) is 0. The Kier molecular flexibility index (Phi) is 3.40. The summed E-state index contributed by atoms with van der Waals surface area (Å²) in [5.74, 6) is -0.265. The van der Waals surface area contributed by atoms with Crippen LogP contribution in [-0.2, 0) is 17.9 Å². The van der Waals surface area contributed by atoms with Crippen molar-refractivity contribution in [3.05, 3.63) is 32.4 Å². The van der Waals surface area contributed by atoms with Crippen LogP contribution in [0.25, 0.3) is 0 Å². The van der Waals surface area contributed by atoms with Gasteiger partial charge in [-0.05, 0) is 4.92 Å². The molecule has 2 heterocycles. The van der Waals surface area contributed by atoms with Gasteiger partial charge in [-0.25, -0.2) is 4.98 Å². The van der Waals surface area contributed by atoms with Crippen molar-refractivity contribution in [2.75, 3.05) is 7.11 Å². The van der Waals surface area contributed by atoms with E-state index in [9.17, 15) is 10.1 Å². The summed E-state index contributed by atoms with van der Waals surface area (Å²) in [5, 5.41) is 20.6. The quantitative estimate of drug-likeness (QED) is 0.580. The Balaban J connectivity index is 2.05. The van der Waals surface area contributed by atoms with Crippen molar-refractivity contribution in [1.29, 1.82) is 0 Å². The van der Waals surface area contributed by atoms with Gasteiger partial charge in [-0.15, -0.1) is 16.4 Å². The molecule has 0 spiro atoms. The van der Waals surface area contributed by atoms with Crippen LogP contribution in [0.5, 0.6) is 0 Å². The highest BCUT2D eigenvalue weighted by molar-refractivity contribution is 7.09. The van der Waals surface area contributed by atoms with Crippen LogP contribution in [0, 0.1) is 10.1 Å². The second-order valence-corrected chi connectivity index (χ2v) is 4.10. The van der Waals surface area contributed by atoms with Crippen molar-refractivity contribution in [2.45, 2.75) is 13.2 Å². The summed E-state index contributed by atoms with van der Waals surface area (Å²) < 4.78 is 4.94. The van der Waals surface area contributed by atoms with Crippen LogP contribution >= 0.6 is 11.3 Å². The van der Waals surface area contributed by atoms with E-state index >= 15 is 0 Å². The lowest BCUT2D eigenvalue weighted by Crippen LogP contribution is -2.04. The smallest absolute Gasteiger partial charge is 0.378 e. The predicted octanol–water partition coefficient (Wildman–Crippen LogP) is 0.837. The molecular weight excluding hydrogens is 246 g/mol. The minimum Gasteiger partial charge on any atom is -0.378 e. The average molecular weight is 255 g/mol. The zero-order valence-electron chi connectivity index (χ0n) is 8.94. The molecule has 0 atom stereocenters. The van der Waals surface area contributed by atoms with Crippen molar-refractivity contribution in [1.82, 2.24) is 20.0 Å². The highest BCUT2D eigenvalue weighted by Gasteiger charge is 2.13. The molecule has 0 saturated heterocycles. The normalized spacial score (nSPS) is 10.6. The first-order valence-corrected chi connectivity index (χ1v) is 5.53. The van der Waals surface area contributed by atoms with Crippen molar-refractivity contribution >= 4 is 17.2 Å². The van der Waals surface area contributed by atoms with Crippen LogP contribution in [0.2, 0.25) is 0 Å². The molecule has 2 aromatic rings. The van der Waals surface area contributed by atoms with Gasteiger partial charge in [-0.3, -0.25) is 0 Å². The topological polar surface area (TPSA) is 96.0 Å². The van der Waals surface area contributed by atoms with Gasteiger partial charge in [-0.1, -0.05) is 4.80 Å². The molecule has 8 nitrogen and oxygen atoms in total. The zero-order chi connectivity index (χ0) is 12.3. The van der Waals surface area contributed by atoms with E-state index in [0.717, 1.165) is 16.9 Å². The Labute approximate surface area is 100 Å². The highest BCUT2D eigenvalue weighted by Crippen LogP contribution is 2.12. The van der Waals surface area contributed by atoms with E-state index < -0.39 is 4.92 Å². The first kappa shape index (κ1) is 11.6. The summed E-state index contributed by atoms with van der Waals surface area (Å²) in [5.41, 5.74) is 0.828. The van der Waals surface area contributed by atoms with Crippen LogP contribution < -0.4 is 0 Å². The minimum absolute atomic E-state index is 0.265. The molecule has 0 aliphatic heterocycles. The van der Waals surface area contributed by atoms with Gasteiger partial charge in [0.1, 0.15) is 11.6 Å². The fourth-order valence-corrected chi connectivity index (χ4v) is 1.96. The number of aromatic nitrogens is 4. The lowest BCUT2D eigenvalue weighted by atomic mass is 10.5. The Morgan fingerprint density at radius 1 is 1.65 bits per heavy atom. The third-order valence-corrected chi connectivity index (χ3v) is 2.76. The van der Waals surface area contributed by atoms with E-state index in [4.69, 9.17) is 4.74 Å². The van der Waals surface area contributed by atoms with Crippen molar-refractivity contribution in [3.63, 3.8) is 0 Å². The van der Waals surface area contributed by atoms with Crippen molar-refractivity contribution in [2.24, 2.45) is 0 Å². The summed E-state index contributed by atoms with van der Waals surface area (Å²) in [7, 11) is 1.59. The Bertz CT molecular complexity index is 523. The highest BCUT2D eigenvalue weighted by atomic mass is 32.1. The first-order valence-electron chi connectivity index (χ1n) is 4.66. The number of nitrogens with zero attached hydrogens (tertiary/aromatic N) is 5. The minimum atomic E-state index is -0.582. The number of hydrogen-bond donors (Lipinski definition) is 0. The molecular formula is C8H9N5O3S. The standard InChI is InChI=1S/C8H9N5O3S/c1-16-4-6-5-17-8(10-6)3-12-9-2-7(11-12)13(14)15/h2,5H,3-4H2,1H3. The molecule has 0 bridgehead atoms. The maximum atomic E-state index is 10.4. The molecule has 2 aromatic heterocycles. The van der Waals surface area contributed by atoms with Crippen LogP contribution in [0.4, 0.5) is 5.82 Å². The third-order valence-electron chi connectivity index (χ3n) is 1.88. The van der Waals surface area contributed by atoms with E-state index in [0.29, 0.717) is 13.2 Å². The third kappa shape index (κ3) is 2.82. The van der Waals surface area contributed by atoms with Crippen LogP contribution in [0.15, 0.2) is 11.6 Å². The van der Waals surface area contributed by atoms with Gasteiger partial charge in [0, 0.05) is 12.5 Å². The maximum absolute atomic E-state index is 10.4. The Hall–Kier alpha value is -1.87. The first-order chi connectivity index (χ1) is 8.19. The molecule has 0 aromatic carbocycles. The largest absolute Gasteiger partial charge is 0.410 e. The summed E-state index contributed by atoms with van der Waals surface area (Å²) in [4.78, 5) is 15.4. The number of methoxy groups -OCH3 is 1. The van der Waals surface area contributed by atoms with E-state index in [-0.39, 0.29) is 5.82 Å². The molecule has 0 amide bonds. The van der Waals surface area contributed by atoms with Gasteiger partial charge in [0.25, 0.3) is 0 Å². The molecule has 2 rings (SSSR count). The number of nitro groups is 1. The Morgan fingerprint density at radius 3 is 3.12 bits per heavy atom. The summed E-state index contributed by atoms with van der Waals surface area (Å²) in [6.45, 7) is 0.769.